The minimum atomic E-state index is 0.135. The van der Waals surface area contributed by atoms with Crippen LogP contribution in [0.4, 0.5) is 0 Å². The van der Waals surface area contributed by atoms with E-state index < -0.39 is 0 Å². The topological polar surface area (TPSA) is 44.6 Å². The van der Waals surface area contributed by atoms with Gasteiger partial charge in [-0.15, -0.1) is 5.10 Å². The third kappa shape index (κ3) is 2.61. The van der Waals surface area contributed by atoms with Gasteiger partial charge in [0.25, 0.3) is 0 Å². The predicted octanol–water partition coefficient (Wildman–Crippen LogP) is 2.77. The third-order valence-corrected chi connectivity index (χ3v) is 2.94. The molecule has 0 spiro atoms. The summed E-state index contributed by atoms with van der Waals surface area (Å²) in [4.78, 5) is 0. The summed E-state index contributed by atoms with van der Waals surface area (Å²) < 4.78 is 0. The number of hydrazone groups is 1. The molecule has 2 atom stereocenters. The lowest BCUT2D eigenvalue weighted by atomic mass is 9.91. The first kappa shape index (κ1) is 11.8. The molecule has 0 saturated heterocycles. The van der Waals surface area contributed by atoms with Gasteiger partial charge in [-0.2, -0.15) is 0 Å². The molecular formula is C12H20N2O. The monoisotopic (exact) mass is 208 g/mol. The molecule has 0 aromatic heterocycles. The summed E-state index contributed by atoms with van der Waals surface area (Å²) in [6.45, 7) is 8.16. The van der Waals surface area contributed by atoms with Crippen molar-refractivity contribution in [2.24, 2.45) is 11.0 Å². The van der Waals surface area contributed by atoms with Crippen molar-refractivity contribution in [3.8, 4) is 0 Å². The van der Waals surface area contributed by atoms with Gasteiger partial charge in [0, 0.05) is 5.92 Å². The Morgan fingerprint density at radius 1 is 1.47 bits per heavy atom. The Hall–Kier alpha value is -1.25. The maximum absolute atomic E-state index is 9.40. The average molecular weight is 208 g/mol. The highest BCUT2D eigenvalue weighted by Gasteiger charge is 2.24. The molecule has 2 N–H and O–H groups in total. The second-order valence-corrected chi connectivity index (χ2v) is 4.00. The van der Waals surface area contributed by atoms with Crippen LogP contribution in [-0.2, 0) is 0 Å². The van der Waals surface area contributed by atoms with Crippen LogP contribution in [0.5, 0.6) is 0 Å². The third-order valence-electron chi connectivity index (χ3n) is 2.94. The second-order valence-electron chi connectivity index (χ2n) is 4.00. The molecule has 15 heavy (non-hydrogen) atoms. The molecule has 0 aliphatic carbocycles. The van der Waals surface area contributed by atoms with Crippen LogP contribution in [0.3, 0.4) is 0 Å². The van der Waals surface area contributed by atoms with Gasteiger partial charge in [-0.25, -0.2) is 0 Å². The molecule has 3 heteroatoms. The van der Waals surface area contributed by atoms with Gasteiger partial charge in [-0.1, -0.05) is 24.6 Å². The van der Waals surface area contributed by atoms with Crippen molar-refractivity contribution in [1.29, 1.82) is 0 Å². The number of hydrogen-bond donors (Lipinski definition) is 2. The zero-order chi connectivity index (χ0) is 11.4. The summed E-state index contributed by atoms with van der Waals surface area (Å²) >= 11 is 0. The number of aliphatic hydroxyl groups excluding tert-OH is 1. The van der Waals surface area contributed by atoms with Crippen molar-refractivity contribution in [2.45, 2.75) is 40.2 Å². The van der Waals surface area contributed by atoms with Crippen LogP contribution in [0.1, 0.15) is 34.1 Å². The molecule has 1 rings (SSSR count). The second kappa shape index (κ2) is 5.01. The molecule has 0 aromatic carbocycles. The van der Waals surface area contributed by atoms with Crippen molar-refractivity contribution in [2.75, 3.05) is 0 Å². The van der Waals surface area contributed by atoms with Crippen molar-refractivity contribution >= 4 is 5.90 Å². The number of nitrogens with zero attached hydrogens (tertiary/aromatic N) is 1. The lowest BCUT2D eigenvalue weighted by molar-refractivity contribution is 0.395. The lowest BCUT2D eigenvalue weighted by Crippen LogP contribution is -2.37. The maximum atomic E-state index is 9.40. The summed E-state index contributed by atoms with van der Waals surface area (Å²) in [7, 11) is 0. The fourth-order valence-electron chi connectivity index (χ4n) is 1.83. The molecule has 1 aliphatic rings. The van der Waals surface area contributed by atoms with E-state index in [1.54, 1.807) is 0 Å². The van der Waals surface area contributed by atoms with Crippen LogP contribution in [0, 0.1) is 5.92 Å². The molecular weight excluding hydrogens is 188 g/mol. The SMILES string of the molecule is C/C=C(C)\C(=C\C)C1C[C@@H](C)C(O)=NN1. The summed E-state index contributed by atoms with van der Waals surface area (Å²) in [6, 6.07) is 0.220. The fourth-order valence-corrected chi connectivity index (χ4v) is 1.83. The van der Waals surface area contributed by atoms with Gasteiger partial charge in [0.15, 0.2) is 0 Å². The smallest absolute Gasteiger partial charge is 0.206 e. The van der Waals surface area contributed by atoms with Gasteiger partial charge in [0.05, 0.1) is 6.04 Å². The van der Waals surface area contributed by atoms with Crippen LogP contribution in [0.15, 0.2) is 28.4 Å². The van der Waals surface area contributed by atoms with E-state index in [-0.39, 0.29) is 17.9 Å². The first-order valence-corrected chi connectivity index (χ1v) is 5.41. The lowest BCUT2D eigenvalue weighted by Gasteiger charge is -2.27. The van der Waals surface area contributed by atoms with Gasteiger partial charge in [0.1, 0.15) is 0 Å². The molecule has 0 fully saturated rings. The number of rotatable bonds is 2. The molecule has 3 nitrogen and oxygen atoms in total. The Balaban J connectivity index is 2.83. The highest BCUT2D eigenvalue weighted by Crippen LogP contribution is 2.22. The first-order valence-electron chi connectivity index (χ1n) is 5.41. The van der Waals surface area contributed by atoms with Crippen molar-refractivity contribution < 1.29 is 5.11 Å². The van der Waals surface area contributed by atoms with E-state index in [9.17, 15) is 5.11 Å². The molecule has 1 unspecified atom stereocenters. The normalized spacial score (nSPS) is 28.4. The van der Waals surface area contributed by atoms with Crippen LogP contribution >= 0.6 is 0 Å². The van der Waals surface area contributed by atoms with Gasteiger partial charge in [-0.05, 0) is 32.8 Å². The molecule has 0 bridgehead atoms. The van der Waals surface area contributed by atoms with E-state index in [0.29, 0.717) is 0 Å². The Labute approximate surface area is 91.6 Å². The zero-order valence-corrected chi connectivity index (χ0v) is 9.91. The van der Waals surface area contributed by atoms with Crippen LogP contribution in [0.25, 0.3) is 0 Å². The highest BCUT2D eigenvalue weighted by molar-refractivity contribution is 5.76. The number of nitrogens with one attached hydrogen (secondary N) is 1. The predicted molar refractivity (Wildman–Crippen MR) is 64.0 cm³/mol. The minimum Gasteiger partial charge on any atom is -0.495 e. The van der Waals surface area contributed by atoms with E-state index in [4.69, 9.17) is 0 Å². The number of aliphatic hydroxyl groups is 1. The highest BCUT2D eigenvalue weighted by atomic mass is 16.3. The quantitative estimate of drug-likeness (QED) is 0.685. The molecule has 0 saturated carbocycles. The Morgan fingerprint density at radius 3 is 2.60 bits per heavy atom. The van der Waals surface area contributed by atoms with Gasteiger partial charge in [0.2, 0.25) is 5.90 Å². The maximum Gasteiger partial charge on any atom is 0.206 e. The van der Waals surface area contributed by atoms with E-state index in [2.05, 4.69) is 29.6 Å². The van der Waals surface area contributed by atoms with Crippen molar-refractivity contribution in [1.82, 2.24) is 5.43 Å². The van der Waals surface area contributed by atoms with Crippen molar-refractivity contribution in [3.63, 3.8) is 0 Å². The van der Waals surface area contributed by atoms with Crippen LogP contribution < -0.4 is 5.43 Å². The average Bonchev–Trinajstić information content (AvgIpc) is 2.24. The van der Waals surface area contributed by atoms with Gasteiger partial charge >= 0.3 is 0 Å². The molecule has 0 aromatic rings. The Bertz CT molecular complexity index is 316. The Morgan fingerprint density at radius 2 is 2.13 bits per heavy atom. The fraction of sp³-hybridized carbons (Fsp3) is 0.583. The van der Waals surface area contributed by atoms with E-state index in [1.165, 1.54) is 11.1 Å². The van der Waals surface area contributed by atoms with E-state index in [0.717, 1.165) is 6.42 Å². The molecule has 1 aliphatic heterocycles. The summed E-state index contributed by atoms with van der Waals surface area (Å²) in [5.74, 6) is 0.343. The first-order chi connectivity index (χ1) is 7.10. The van der Waals surface area contributed by atoms with Gasteiger partial charge in [-0.3, -0.25) is 5.43 Å². The van der Waals surface area contributed by atoms with Crippen LogP contribution in [-0.4, -0.2) is 17.0 Å². The number of allylic oxidation sites excluding steroid dienone is 2. The van der Waals surface area contributed by atoms with Crippen LogP contribution in [0.2, 0.25) is 0 Å². The summed E-state index contributed by atoms with van der Waals surface area (Å²) in [5.41, 5.74) is 5.52. The summed E-state index contributed by atoms with van der Waals surface area (Å²) in [5, 5.41) is 13.3. The molecule has 1 heterocycles. The van der Waals surface area contributed by atoms with Gasteiger partial charge < -0.3 is 5.11 Å². The number of hydrogen-bond acceptors (Lipinski definition) is 2. The van der Waals surface area contributed by atoms with Crippen molar-refractivity contribution in [3.05, 3.63) is 23.3 Å². The van der Waals surface area contributed by atoms with E-state index >= 15 is 0 Å². The standard InChI is InChI=1S/C12H20N2O/c1-5-8(3)10(6-2)11-7-9(4)12(15)14-13-11/h5-6,9,11,13H,7H2,1-4H3,(H,14,15)/b8-5-,10-6-/t9-,11?/m1/s1. The largest absolute Gasteiger partial charge is 0.495 e. The molecule has 0 radical (unpaired) electrons. The van der Waals surface area contributed by atoms with E-state index in [1.807, 2.05) is 20.8 Å². The zero-order valence-electron chi connectivity index (χ0n) is 9.91. The minimum absolute atomic E-state index is 0.135. The summed E-state index contributed by atoms with van der Waals surface area (Å²) in [6.07, 6.45) is 5.09. The molecule has 84 valence electrons. The Kier molecular flexibility index (Phi) is 3.95. The molecule has 0 amide bonds.